The molecule has 2 saturated heterocycles. The minimum Gasteiger partial charge on any atom is -0.485 e. The molecule has 23 heavy (non-hydrogen) atoms. The van der Waals surface area contributed by atoms with Crippen molar-refractivity contribution in [3.05, 3.63) is 41.4 Å². The molecule has 122 valence electrons. The number of fused-ring (bicyclic) bond motifs is 1. The maximum absolute atomic E-state index is 12.0. The molecule has 5 nitrogen and oxygen atoms in total. The summed E-state index contributed by atoms with van der Waals surface area (Å²) in [5, 5.41) is 0.565. The molecule has 3 atom stereocenters. The number of halogens is 1. The maximum Gasteiger partial charge on any atom is 0.306 e. The lowest BCUT2D eigenvalue weighted by Crippen LogP contribution is -2.28. The number of benzene rings is 1. The first-order valence-corrected chi connectivity index (χ1v) is 7.90. The van der Waals surface area contributed by atoms with Gasteiger partial charge in [-0.05, 0) is 31.3 Å². The fourth-order valence-corrected chi connectivity index (χ4v) is 3.31. The van der Waals surface area contributed by atoms with Gasteiger partial charge in [0.05, 0.1) is 6.42 Å². The molecule has 0 spiro atoms. The first-order valence-electron chi connectivity index (χ1n) is 7.52. The third kappa shape index (κ3) is 3.74. The van der Waals surface area contributed by atoms with E-state index in [1.165, 1.54) is 6.08 Å². The molecule has 0 N–H and O–H groups in total. The molecule has 2 heterocycles. The van der Waals surface area contributed by atoms with Crippen LogP contribution in [0.2, 0.25) is 5.02 Å². The highest BCUT2D eigenvalue weighted by atomic mass is 35.5. The summed E-state index contributed by atoms with van der Waals surface area (Å²) < 4.78 is 10.7. The fraction of sp³-hybridized carbons (Fsp3) is 0.412. The number of esters is 1. The maximum atomic E-state index is 12.0. The minimum absolute atomic E-state index is 0.0431. The van der Waals surface area contributed by atoms with Gasteiger partial charge in [-0.2, -0.15) is 0 Å². The number of ether oxygens (including phenoxy) is 2. The van der Waals surface area contributed by atoms with E-state index in [-0.39, 0.29) is 36.4 Å². The average molecular weight is 336 g/mol. The molecule has 1 aromatic rings. The van der Waals surface area contributed by atoms with E-state index in [0.717, 1.165) is 0 Å². The Hall–Kier alpha value is -1.85. The molecule has 0 saturated carbocycles. The van der Waals surface area contributed by atoms with E-state index in [2.05, 4.69) is 4.90 Å². The van der Waals surface area contributed by atoms with Crippen molar-refractivity contribution in [2.45, 2.75) is 18.6 Å². The summed E-state index contributed by atoms with van der Waals surface area (Å²) in [5.74, 6) is 0.409. The minimum atomic E-state index is -0.151. The summed E-state index contributed by atoms with van der Waals surface area (Å²) >= 11 is 5.86. The largest absolute Gasteiger partial charge is 0.485 e. The van der Waals surface area contributed by atoms with Gasteiger partial charge in [-0.25, -0.2) is 0 Å². The van der Waals surface area contributed by atoms with Crippen molar-refractivity contribution in [1.82, 2.24) is 4.90 Å². The Labute approximate surface area is 139 Å². The van der Waals surface area contributed by atoms with Gasteiger partial charge in [0.25, 0.3) is 0 Å². The topological polar surface area (TPSA) is 55.8 Å². The molecule has 6 heteroatoms. The number of hydrogen-bond donors (Lipinski definition) is 0. The van der Waals surface area contributed by atoms with Crippen molar-refractivity contribution in [3.8, 4) is 5.75 Å². The molecule has 0 aromatic heterocycles. The standard InChI is InChI=1S/C17H18ClNO4/c1-19-9-16-14(8-17(21)23-16)15(19)6-5-12(20)10-22-13-4-2-3-11(18)7-13/h2-7,14-16H,8-10H2,1H3/b6-5+/t14-,15-,16+/m1/s1. The number of carbonyl (C=O) groups is 2. The van der Waals surface area contributed by atoms with E-state index >= 15 is 0 Å². The van der Waals surface area contributed by atoms with Crippen LogP contribution in [0.1, 0.15) is 6.42 Å². The van der Waals surface area contributed by atoms with E-state index in [4.69, 9.17) is 21.1 Å². The van der Waals surface area contributed by atoms with E-state index in [0.29, 0.717) is 23.7 Å². The summed E-state index contributed by atoms with van der Waals surface area (Å²) in [6.45, 7) is 0.662. The third-order valence-electron chi connectivity index (χ3n) is 4.23. The van der Waals surface area contributed by atoms with Crippen LogP contribution >= 0.6 is 11.6 Å². The van der Waals surface area contributed by atoms with Crippen LogP contribution in [0.4, 0.5) is 0 Å². The normalized spacial score (nSPS) is 27.2. The first kappa shape index (κ1) is 16.0. The Bertz CT molecular complexity index is 645. The van der Waals surface area contributed by atoms with Crippen molar-refractivity contribution in [2.75, 3.05) is 20.2 Å². The number of rotatable bonds is 5. The summed E-state index contributed by atoms with van der Waals surface area (Å²) in [4.78, 5) is 25.4. The van der Waals surface area contributed by atoms with E-state index < -0.39 is 0 Å². The zero-order chi connectivity index (χ0) is 16.4. The van der Waals surface area contributed by atoms with Gasteiger partial charge in [0.2, 0.25) is 0 Å². The highest BCUT2D eigenvalue weighted by molar-refractivity contribution is 6.30. The van der Waals surface area contributed by atoms with Gasteiger partial charge in [-0.1, -0.05) is 23.7 Å². The Balaban J connectivity index is 1.55. The highest BCUT2D eigenvalue weighted by Gasteiger charge is 2.46. The van der Waals surface area contributed by atoms with E-state index in [9.17, 15) is 9.59 Å². The average Bonchev–Trinajstić information content (AvgIpc) is 2.98. The monoisotopic (exact) mass is 335 g/mol. The van der Waals surface area contributed by atoms with Gasteiger partial charge in [0.15, 0.2) is 12.4 Å². The van der Waals surface area contributed by atoms with Crippen LogP contribution < -0.4 is 4.74 Å². The number of ketones is 1. The van der Waals surface area contributed by atoms with Gasteiger partial charge >= 0.3 is 5.97 Å². The van der Waals surface area contributed by atoms with Crippen molar-refractivity contribution < 1.29 is 19.1 Å². The zero-order valence-electron chi connectivity index (χ0n) is 12.8. The second kappa shape index (κ2) is 6.72. The molecule has 0 unspecified atom stereocenters. The first-order chi connectivity index (χ1) is 11.0. The SMILES string of the molecule is CN1C[C@@H]2OC(=O)C[C@@H]2[C@H]1/C=C/C(=O)COc1cccc(Cl)c1. The molecule has 0 amide bonds. The molecule has 2 aliphatic heterocycles. The predicted octanol–water partition coefficient (Wildman–Crippen LogP) is 2.09. The molecule has 2 aliphatic rings. The Morgan fingerprint density at radius 1 is 1.52 bits per heavy atom. The van der Waals surface area contributed by atoms with Crippen LogP contribution in [0.15, 0.2) is 36.4 Å². The quantitative estimate of drug-likeness (QED) is 0.609. The lowest BCUT2D eigenvalue weighted by Gasteiger charge is -2.18. The van der Waals surface area contributed by atoms with Crippen LogP contribution in [0.5, 0.6) is 5.75 Å². The Kier molecular flexibility index (Phi) is 4.68. The Morgan fingerprint density at radius 3 is 3.13 bits per heavy atom. The van der Waals surface area contributed by atoms with Crippen molar-refractivity contribution in [1.29, 1.82) is 0 Å². The second-order valence-electron chi connectivity index (χ2n) is 5.90. The third-order valence-corrected chi connectivity index (χ3v) is 4.47. The van der Waals surface area contributed by atoms with Crippen LogP contribution in [-0.2, 0) is 14.3 Å². The number of likely N-dealkylation sites (N-methyl/N-ethyl adjacent to an activating group) is 1. The summed E-state index contributed by atoms with van der Waals surface area (Å²) in [5.41, 5.74) is 0. The molecule has 0 bridgehead atoms. The lowest BCUT2D eigenvalue weighted by atomic mass is 9.96. The molecular weight excluding hydrogens is 318 g/mol. The molecule has 3 rings (SSSR count). The Morgan fingerprint density at radius 2 is 2.35 bits per heavy atom. The number of carbonyl (C=O) groups excluding carboxylic acids is 2. The zero-order valence-corrected chi connectivity index (χ0v) is 13.5. The van der Waals surface area contributed by atoms with Gasteiger partial charge in [0, 0.05) is 23.5 Å². The molecule has 1 aromatic carbocycles. The van der Waals surface area contributed by atoms with Crippen LogP contribution in [0.25, 0.3) is 0 Å². The van der Waals surface area contributed by atoms with Crippen molar-refractivity contribution in [2.24, 2.45) is 5.92 Å². The van der Waals surface area contributed by atoms with Crippen LogP contribution in [0, 0.1) is 5.92 Å². The van der Waals surface area contributed by atoms with Crippen molar-refractivity contribution >= 4 is 23.4 Å². The van der Waals surface area contributed by atoms with E-state index in [1.54, 1.807) is 24.3 Å². The summed E-state index contributed by atoms with van der Waals surface area (Å²) in [7, 11) is 1.97. The van der Waals surface area contributed by atoms with Crippen LogP contribution in [0.3, 0.4) is 0 Å². The lowest BCUT2D eigenvalue weighted by molar-refractivity contribution is -0.141. The molecule has 2 fully saturated rings. The predicted molar refractivity (Wildman–Crippen MR) is 85.5 cm³/mol. The molecule has 0 radical (unpaired) electrons. The number of likely N-dealkylation sites (tertiary alicyclic amines) is 1. The highest BCUT2D eigenvalue weighted by Crippen LogP contribution is 2.34. The smallest absolute Gasteiger partial charge is 0.306 e. The molecular formula is C17H18ClNO4. The number of hydrogen-bond acceptors (Lipinski definition) is 5. The van der Waals surface area contributed by atoms with Gasteiger partial charge < -0.3 is 9.47 Å². The van der Waals surface area contributed by atoms with Crippen LogP contribution in [-0.4, -0.2) is 49.0 Å². The number of nitrogens with zero attached hydrogens (tertiary/aromatic N) is 1. The van der Waals surface area contributed by atoms with Gasteiger partial charge in [-0.3, -0.25) is 14.5 Å². The van der Waals surface area contributed by atoms with E-state index in [1.807, 2.05) is 13.1 Å². The van der Waals surface area contributed by atoms with Gasteiger partial charge in [-0.15, -0.1) is 0 Å². The summed E-state index contributed by atoms with van der Waals surface area (Å²) in [6, 6.07) is 6.96. The second-order valence-corrected chi connectivity index (χ2v) is 6.33. The summed E-state index contributed by atoms with van der Waals surface area (Å²) in [6.07, 6.45) is 3.73. The van der Waals surface area contributed by atoms with Gasteiger partial charge in [0.1, 0.15) is 11.9 Å². The fourth-order valence-electron chi connectivity index (χ4n) is 3.13. The van der Waals surface area contributed by atoms with Crippen molar-refractivity contribution in [3.63, 3.8) is 0 Å². The molecule has 0 aliphatic carbocycles.